The van der Waals surface area contributed by atoms with Crippen LogP contribution in [0, 0.1) is 0 Å². The Bertz CT molecular complexity index is 1710. The zero-order valence-corrected chi connectivity index (χ0v) is 23.8. The molecule has 5 rings (SSSR count). The van der Waals surface area contributed by atoms with Crippen LogP contribution in [0.4, 0.5) is 5.82 Å². The van der Waals surface area contributed by atoms with Crippen LogP contribution < -0.4 is 10.6 Å². The van der Waals surface area contributed by atoms with Crippen molar-refractivity contribution < 1.29 is 38.4 Å². The molecule has 0 amide bonds. The molecule has 224 valence electrons. The summed E-state index contributed by atoms with van der Waals surface area (Å²) >= 11 is 0. The second-order valence-electron chi connectivity index (χ2n) is 9.37. The van der Waals surface area contributed by atoms with Crippen LogP contribution in [0.1, 0.15) is 20.1 Å². The zero-order valence-electron chi connectivity index (χ0n) is 22.9. The predicted octanol–water partition coefficient (Wildman–Crippen LogP) is 2.74. The van der Waals surface area contributed by atoms with Crippen molar-refractivity contribution in [1.82, 2.24) is 24.4 Å². The SMILES string of the molecule is CCOC(=O)C(C)N(Oc1cccc2ccccc12)[P+](=O)OC[C@@]1(N=[N+]=[N-])O[C@@H](n2cnc3c(N)ncnc32)[C@H](O)[C@@H]1O. The molecule has 1 fully saturated rings. The van der Waals surface area contributed by atoms with Crippen LogP contribution in [0.25, 0.3) is 32.4 Å². The summed E-state index contributed by atoms with van der Waals surface area (Å²) in [6.45, 7) is 2.25. The van der Waals surface area contributed by atoms with E-state index in [-0.39, 0.29) is 29.3 Å². The molecule has 17 nitrogen and oxygen atoms in total. The van der Waals surface area contributed by atoms with Crippen LogP contribution in [0.15, 0.2) is 60.2 Å². The van der Waals surface area contributed by atoms with E-state index in [1.54, 1.807) is 31.2 Å². The average molecular weight is 613 g/mol. The first-order valence-corrected chi connectivity index (χ1v) is 14.1. The summed E-state index contributed by atoms with van der Waals surface area (Å²) in [6, 6.07) is 11.2. The molecule has 0 saturated carbocycles. The van der Waals surface area contributed by atoms with Crippen LogP contribution in [0.2, 0.25) is 0 Å². The minimum atomic E-state index is -3.04. The van der Waals surface area contributed by atoms with Crippen LogP contribution in [0.3, 0.4) is 0 Å². The summed E-state index contributed by atoms with van der Waals surface area (Å²) in [5, 5.41) is 26.9. The Balaban J connectivity index is 1.42. The van der Waals surface area contributed by atoms with Gasteiger partial charge in [-0.2, -0.15) is 0 Å². The highest BCUT2D eigenvalue weighted by molar-refractivity contribution is 7.36. The van der Waals surface area contributed by atoms with E-state index in [0.29, 0.717) is 5.39 Å². The van der Waals surface area contributed by atoms with E-state index in [1.165, 1.54) is 24.1 Å². The number of aliphatic hydroxyl groups excluding tert-OH is 2. The van der Waals surface area contributed by atoms with E-state index in [1.807, 2.05) is 18.2 Å². The number of esters is 1. The van der Waals surface area contributed by atoms with Crippen molar-refractivity contribution in [3.05, 3.63) is 65.6 Å². The third kappa shape index (κ3) is 5.66. The molecular weight excluding hydrogens is 585 g/mol. The monoisotopic (exact) mass is 612 g/mol. The number of nitrogens with zero attached hydrogens (tertiary/aromatic N) is 8. The topological polar surface area (TPSA) is 233 Å². The molecule has 0 radical (unpaired) electrons. The lowest BCUT2D eigenvalue weighted by atomic mass is 10.1. The van der Waals surface area contributed by atoms with Gasteiger partial charge in [0.05, 0.1) is 12.9 Å². The third-order valence-corrected chi connectivity index (χ3v) is 7.82. The van der Waals surface area contributed by atoms with E-state index < -0.39 is 51.0 Å². The molecule has 18 heteroatoms. The molecule has 1 saturated heterocycles. The largest absolute Gasteiger partial charge is 0.653 e. The number of azide groups is 1. The van der Waals surface area contributed by atoms with E-state index in [9.17, 15) is 25.1 Å². The molecule has 2 aromatic carbocycles. The third-order valence-electron chi connectivity index (χ3n) is 6.72. The van der Waals surface area contributed by atoms with Crippen molar-refractivity contribution in [1.29, 1.82) is 0 Å². The molecule has 0 aliphatic carbocycles. The summed E-state index contributed by atoms with van der Waals surface area (Å²) in [5.74, 6) is -0.410. The van der Waals surface area contributed by atoms with E-state index >= 15 is 0 Å². The minimum absolute atomic E-state index is 0.0573. The first kappa shape index (κ1) is 30.0. The molecule has 43 heavy (non-hydrogen) atoms. The Kier molecular flexibility index (Phi) is 8.66. The van der Waals surface area contributed by atoms with Crippen LogP contribution >= 0.6 is 8.18 Å². The molecule has 6 atom stereocenters. The standard InChI is InChI=1S/C25H27N9O8P/c1-3-39-24(37)14(2)34(42-17-10-6-8-15-7-4-5-9-16(15)17)43(38)40-11-25(31-32-27)20(36)19(35)23(41-25)33-13-30-18-21(26)28-12-29-22(18)33/h4-10,12-14,19-20,23,35-36H,3,11H2,1-2H3,(H2,26,28,29)/q+1/t14?,19-,20+,23-,25-/m1/s1. The summed E-state index contributed by atoms with van der Waals surface area (Å²) in [5.41, 5.74) is 13.3. The smallest absolute Gasteiger partial charge is 0.465 e. The molecular formula is C25H27N9O8P+. The maximum atomic E-state index is 13.6. The van der Waals surface area contributed by atoms with Gasteiger partial charge in [0.2, 0.25) is 5.72 Å². The maximum absolute atomic E-state index is 13.6. The van der Waals surface area contributed by atoms with Crippen molar-refractivity contribution in [2.45, 2.75) is 44.1 Å². The number of anilines is 1. The van der Waals surface area contributed by atoms with Gasteiger partial charge < -0.3 is 30.3 Å². The fourth-order valence-electron chi connectivity index (χ4n) is 4.54. The number of fused-ring (bicyclic) bond motifs is 2. The number of nitrogen functional groups attached to an aromatic ring is 1. The number of hydrogen-bond acceptors (Lipinski definition) is 13. The lowest BCUT2D eigenvalue weighted by Gasteiger charge is -2.24. The number of benzene rings is 2. The van der Waals surface area contributed by atoms with Crippen LogP contribution in [-0.2, 0) is 23.4 Å². The van der Waals surface area contributed by atoms with Crippen molar-refractivity contribution in [2.24, 2.45) is 5.11 Å². The highest BCUT2D eigenvalue weighted by Gasteiger charge is 2.58. The molecule has 0 spiro atoms. The highest BCUT2D eigenvalue weighted by atomic mass is 31.1. The lowest BCUT2D eigenvalue weighted by Crippen LogP contribution is -2.45. The summed E-state index contributed by atoms with van der Waals surface area (Å²) in [6.07, 6.45) is -2.48. The van der Waals surface area contributed by atoms with Crippen molar-refractivity contribution in [2.75, 3.05) is 18.9 Å². The van der Waals surface area contributed by atoms with Gasteiger partial charge in [-0.25, -0.2) is 15.0 Å². The quantitative estimate of drug-likeness (QED) is 0.0553. The summed E-state index contributed by atoms with van der Waals surface area (Å²) in [7, 11) is -3.04. The Morgan fingerprint density at radius 2 is 2.05 bits per heavy atom. The van der Waals surface area contributed by atoms with Gasteiger partial charge in [-0.1, -0.05) is 41.5 Å². The van der Waals surface area contributed by atoms with E-state index in [4.69, 9.17) is 24.6 Å². The Hall–Kier alpha value is -4.47. The fourth-order valence-corrected chi connectivity index (χ4v) is 5.48. The number of ether oxygens (including phenoxy) is 2. The van der Waals surface area contributed by atoms with Gasteiger partial charge in [0.25, 0.3) is 0 Å². The molecule has 2 aromatic heterocycles. The number of carbonyl (C=O) groups excluding carboxylic acids is 1. The van der Waals surface area contributed by atoms with Crippen molar-refractivity contribution >= 4 is 41.9 Å². The second-order valence-corrected chi connectivity index (χ2v) is 10.5. The number of hydroxylamine groups is 1. The fraction of sp³-hybridized carbons (Fsp3) is 0.360. The van der Waals surface area contributed by atoms with Gasteiger partial charge in [0, 0.05) is 10.3 Å². The normalized spacial score (nSPS) is 22.8. The molecule has 1 aliphatic heterocycles. The van der Waals surface area contributed by atoms with Crippen molar-refractivity contribution in [3.8, 4) is 5.75 Å². The van der Waals surface area contributed by atoms with Gasteiger partial charge in [-0.15, -0.1) is 4.52 Å². The number of aliphatic hydroxyl groups is 2. The number of aromatic nitrogens is 4. The molecule has 1 aliphatic rings. The number of imidazole rings is 1. The summed E-state index contributed by atoms with van der Waals surface area (Å²) in [4.78, 5) is 34.2. The maximum Gasteiger partial charge on any atom is 0.653 e. The number of rotatable bonds is 11. The van der Waals surface area contributed by atoms with Crippen LogP contribution in [-0.4, -0.2) is 77.7 Å². The highest BCUT2D eigenvalue weighted by Crippen LogP contribution is 2.43. The Morgan fingerprint density at radius 1 is 1.28 bits per heavy atom. The van der Waals surface area contributed by atoms with Gasteiger partial charge >= 0.3 is 14.1 Å². The second kappa shape index (κ2) is 12.4. The van der Waals surface area contributed by atoms with E-state index in [2.05, 4.69) is 25.0 Å². The van der Waals surface area contributed by atoms with Gasteiger partial charge in [-0.3, -0.25) is 9.36 Å². The average Bonchev–Trinajstić information content (AvgIpc) is 3.54. The Morgan fingerprint density at radius 3 is 2.81 bits per heavy atom. The number of carbonyl (C=O) groups is 1. The minimum Gasteiger partial charge on any atom is -0.465 e. The molecule has 2 unspecified atom stereocenters. The number of hydrogen-bond donors (Lipinski definition) is 3. The van der Waals surface area contributed by atoms with E-state index in [0.717, 1.165) is 10.2 Å². The van der Waals surface area contributed by atoms with Crippen molar-refractivity contribution in [3.63, 3.8) is 0 Å². The molecule has 4 aromatic rings. The first-order valence-electron chi connectivity index (χ1n) is 13.0. The summed E-state index contributed by atoms with van der Waals surface area (Å²) < 4.78 is 31.3. The van der Waals surface area contributed by atoms with Crippen LogP contribution in [0.5, 0.6) is 5.75 Å². The number of nitrogens with two attached hydrogens (primary N) is 1. The molecule has 3 heterocycles. The first-order chi connectivity index (χ1) is 20.7. The molecule has 4 N–H and O–H groups in total. The Labute approximate surface area is 244 Å². The molecule has 0 bridgehead atoms. The zero-order chi connectivity index (χ0) is 30.7. The predicted molar refractivity (Wildman–Crippen MR) is 150 cm³/mol. The lowest BCUT2D eigenvalue weighted by molar-refractivity contribution is -0.155. The van der Waals surface area contributed by atoms with Gasteiger partial charge in [0.1, 0.15) is 35.5 Å². The van der Waals surface area contributed by atoms with Gasteiger partial charge in [-0.05, 0) is 35.4 Å². The van der Waals surface area contributed by atoms with Gasteiger partial charge in [0.15, 0.2) is 29.5 Å².